The maximum Gasteiger partial charge on any atom is 0.316 e. The molecule has 12 aromatic rings. The molecule has 1 atom stereocenters. The lowest BCUT2D eigenvalue weighted by Gasteiger charge is -2.31. The summed E-state index contributed by atoms with van der Waals surface area (Å²) in [7, 11) is 0. The van der Waals surface area contributed by atoms with Crippen LogP contribution in [0.3, 0.4) is 0 Å². The van der Waals surface area contributed by atoms with Gasteiger partial charge in [0, 0.05) is 26.9 Å². The van der Waals surface area contributed by atoms with Gasteiger partial charge in [-0.1, -0.05) is 91.0 Å². The number of rotatable bonds is 0. The van der Waals surface area contributed by atoms with Crippen molar-refractivity contribution in [2.75, 3.05) is 0 Å². The van der Waals surface area contributed by atoms with Crippen LogP contribution in [0.2, 0.25) is 0 Å². The van der Waals surface area contributed by atoms with Gasteiger partial charge in [0.2, 0.25) is 0 Å². The van der Waals surface area contributed by atoms with Gasteiger partial charge in [-0.25, -0.2) is 0 Å². The summed E-state index contributed by atoms with van der Waals surface area (Å²) in [6.07, 6.45) is 0. The Balaban J connectivity index is 1.33. The lowest BCUT2D eigenvalue weighted by molar-refractivity contribution is -0.923. The van der Waals surface area contributed by atoms with Crippen LogP contribution >= 0.6 is 0 Å². The Morgan fingerprint density at radius 3 is 1.58 bits per heavy atom. The molecular weight excluding hydrogens is 637 g/mol. The molecule has 52 heavy (non-hydrogen) atoms. The standard InChI is InChI=1S/C47H24N4O/c1-3-14-28-25(11-1)26-12-2-4-15-30(26)44-39(28)31-22-24-38-43-41(31)46-49(44)34-18-8-10-20-36(34)51(46)47(43)42-37(52-38)23-21-29-27-13-5-6-16-32(27)48-33-17-7-9-19-35(33)50(47)45(48)40(29)42/h1-24H/q+2. The van der Waals surface area contributed by atoms with E-state index in [1.54, 1.807) is 0 Å². The smallest absolute Gasteiger partial charge is 0.316 e. The number of hydrogen-bond donors (Lipinski definition) is 0. The molecule has 0 saturated carbocycles. The van der Waals surface area contributed by atoms with Crippen LogP contribution in [0.1, 0.15) is 11.1 Å². The van der Waals surface area contributed by atoms with Crippen LogP contribution in [0.4, 0.5) is 0 Å². The largest absolute Gasteiger partial charge is 0.456 e. The molecule has 1 spiro atoms. The predicted molar refractivity (Wildman–Crippen MR) is 207 cm³/mol. The number of para-hydroxylation sites is 5. The summed E-state index contributed by atoms with van der Waals surface area (Å²) in [5.41, 5.74) is 11.4. The van der Waals surface area contributed by atoms with E-state index in [0.717, 1.165) is 11.5 Å². The van der Waals surface area contributed by atoms with Crippen molar-refractivity contribution in [3.05, 3.63) is 157 Å². The molecule has 0 fully saturated rings. The van der Waals surface area contributed by atoms with Crippen molar-refractivity contribution in [1.29, 1.82) is 0 Å². The third kappa shape index (κ3) is 2.29. The molecule has 7 heterocycles. The Labute approximate surface area is 293 Å². The maximum absolute atomic E-state index is 7.11. The molecule has 236 valence electrons. The SMILES string of the molecule is c1ccc2c(c1)c1ccccc1c1c2c2ccc3c4c2c2n1c1ccccc1[n+]2C41c2c(ccc4c5ccccc5n5c6ccccc6[n+]1c5c24)O3. The minimum Gasteiger partial charge on any atom is -0.456 e. The highest BCUT2D eigenvalue weighted by molar-refractivity contribution is 6.33. The van der Waals surface area contributed by atoms with E-state index in [2.05, 4.69) is 164 Å². The minimum atomic E-state index is -0.727. The van der Waals surface area contributed by atoms with Gasteiger partial charge in [0.15, 0.2) is 22.1 Å². The normalized spacial score (nSPS) is 16.7. The third-order valence-corrected chi connectivity index (χ3v) is 12.8. The Hall–Kier alpha value is -6.98. The molecule has 15 rings (SSSR count). The summed E-state index contributed by atoms with van der Waals surface area (Å²) in [5.74, 6) is 1.85. The van der Waals surface area contributed by atoms with Gasteiger partial charge in [0.25, 0.3) is 0 Å². The molecule has 8 aromatic carbocycles. The quantitative estimate of drug-likeness (QED) is 0.117. The first-order valence-corrected chi connectivity index (χ1v) is 18.0. The highest BCUT2D eigenvalue weighted by atomic mass is 16.5. The van der Waals surface area contributed by atoms with Crippen LogP contribution in [0.5, 0.6) is 11.5 Å². The first-order chi connectivity index (χ1) is 25.9. The van der Waals surface area contributed by atoms with Gasteiger partial charge < -0.3 is 4.74 Å². The molecule has 0 amide bonds. The summed E-state index contributed by atoms with van der Waals surface area (Å²) in [6, 6.07) is 53.9. The van der Waals surface area contributed by atoms with Gasteiger partial charge in [0.1, 0.15) is 33.7 Å². The average molecular weight is 661 g/mol. The van der Waals surface area contributed by atoms with E-state index in [1.165, 1.54) is 109 Å². The van der Waals surface area contributed by atoms with Gasteiger partial charge in [-0.2, -0.15) is 17.9 Å². The zero-order valence-corrected chi connectivity index (χ0v) is 27.6. The van der Waals surface area contributed by atoms with E-state index in [9.17, 15) is 0 Å². The molecule has 5 heteroatoms. The molecule has 0 bridgehead atoms. The molecule has 3 aliphatic heterocycles. The highest BCUT2D eigenvalue weighted by Gasteiger charge is 2.67. The Bertz CT molecular complexity index is 3790. The van der Waals surface area contributed by atoms with Gasteiger partial charge in [0.05, 0.1) is 10.8 Å². The van der Waals surface area contributed by atoms with Gasteiger partial charge >= 0.3 is 17.0 Å². The number of imidazole rings is 2. The van der Waals surface area contributed by atoms with Crippen LogP contribution in [0, 0.1) is 0 Å². The first-order valence-electron chi connectivity index (χ1n) is 18.0. The highest BCUT2D eigenvalue weighted by Crippen LogP contribution is 2.59. The fourth-order valence-corrected chi connectivity index (χ4v) is 11.2. The lowest BCUT2D eigenvalue weighted by atomic mass is 9.84. The number of benzene rings is 8. The fraction of sp³-hybridized carbons (Fsp3) is 0.0213. The Morgan fingerprint density at radius 2 is 0.865 bits per heavy atom. The van der Waals surface area contributed by atoms with Crippen molar-refractivity contribution in [3.63, 3.8) is 0 Å². The van der Waals surface area contributed by atoms with Crippen molar-refractivity contribution in [2.45, 2.75) is 5.66 Å². The van der Waals surface area contributed by atoms with Crippen molar-refractivity contribution in [1.82, 2.24) is 8.80 Å². The lowest BCUT2D eigenvalue weighted by Crippen LogP contribution is -2.71. The van der Waals surface area contributed by atoms with Crippen LogP contribution in [0.25, 0.3) is 98.3 Å². The molecule has 5 nitrogen and oxygen atoms in total. The topological polar surface area (TPSA) is 25.8 Å². The Kier molecular flexibility index (Phi) is 3.77. The average Bonchev–Trinajstić information content (AvgIpc) is 3.92. The van der Waals surface area contributed by atoms with Gasteiger partial charge in [-0.05, 0) is 70.8 Å². The molecule has 3 aliphatic rings. The van der Waals surface area contributed by atoms with E-state index in [0.29, 0.717) is 0 Å². The second-order valence-electron chi connectivity index (χ2n) is 14.8. The maximum atomic E-state index is 7.11. The number of pyridine rings is 2. The molecule has 1 unspecified atom stereocenters. The summed E-state index contributed by atoms with van der Waals surface area (Å²) in [5, 5.41) is 12.7. The van der Waals surface area contributed by atoms with Gasteiger partial charge in [-0.15, -0.1) is 0 Å². The van der Waals surface area contributed by atoms with Crippen molar-refractivity contribution < 1.29 is 13.9 Å². The molecule has 0 aliphatic carbocycles. The summed E-state index contributed by atoms with van der Waals surface area (Å²) < 4.78 is 17.6. The second kappa shape index (κ2) is 7.83. The second-order valence-corrected chi connectivity index (χ2v) is 14.8. The predicted octanol–water partition coefficient (Wildman–Crippen LogP) is 10.0. The minimum absolute atomic E-state index is 0.727. The van der Waals surface area contributed by atoms with Crippen LogP contribution in [0.15, 0.2) is 146 Å². The molecule has 4 aromatic heterocycles. The number of aromatic nitrogens is 4. The van der Waals surface area contributed by atoms with Crippen LogP contribution in [-0.4, -0.2) is 8.80 Å². The van der Waals surface area contributed by atoms with Crippen LogP contribution in [-0.2, 0) is 5.66 Å². The molecular formula is C47H24N4O+2. The monoisotopic (exact) mass is 660 g/mol. The number of nitrogens with zero attached hydrogens (tertiary/aromatic N) is 4. The van der Waals surface area contributed by atoms with Crippen LogP contribution < -0.4 is 13.9 Å². The van der Waals surface area contributed by atoms with Crippen molar-refractivity contribution in [2.24, 2.45) is 0 Å². The van der Waals surface area contributed by atoms with E-state index in [1.807, 2.05) is 0 Å². The zero-order chi connectivity index (χ0) is 33.2. The van der Waals surface area contributed by atoms with Crippen molar-refractivity contribution in [3.8, 4) is 11.5 Å². The Morgan fingerprint density at radius 1 is 0.385 bits per heavy atom. The number of fused-ring (bicyclic) bond motifs is 17. The molecule has 0 saturated heterocycles. The summed E-state index contributed by atoms with van der Waals surface area (Å²) >= 11 is 0. The van der Waals surface area contributed by atoms with Crippen molar-refractivity contribution >= 4 is 98.3 Å². The first kappa shape index (κ1) is 25.0. The van der Waals surface area contributed by atoms with E-state index in [4.69, 9.17) is 4.74 Å². The van der Waals surface area contributed by atoms with E-state index < -0.39 is 5.66 Å². The number of hydrogen-bond acceptors (Lipinski definition) is 1. The van der Waals surface area contributed by atoms with E-state index in [-0.39, 0.29) is 0 Å². The third-order valence-electron chi connectivity index (χ3n) is 12.8. The van der Waals surface area contributed by atoms with E-state index >= 15 is 0 Å². The number of ether oxygens (including phenoxy) is 1. The van der Waals surface area contributed by atoms with Gasteiger partial charge in [-0.3, -0.25) is 0 Å². The molecule has 0 radical (unpaired) electrons. The summed E-state index contributed by atoms with van der Waals surface area (Å²) in [4.78, 5) is 0. The zero-order valence-electron chi connectivity index (χ0n) is 27.6. The molecule has 0 N–H and O–H groups in total. The fourth-order valence-electron chi connectivity index (χ4n) is 11.2. The summed E-state index contributed by atoms with van der Waals surface area (Å²) in [6.45, 7) is 0.